The summed E-state index contributed by atoms with van der Waals surface area (Å²) >= 11 is 0. The zero-order chi connectivity index (χ0) is 14.1. The highest BCUT2D eigenvalue weighted by atomic mass is 16.5. The van der Waals surface area contributed by atoms with E-state index in [-0.39, 0.29) is 5.91 Å². The summed E-state index contributed by atoms with van der Waals surface area (Å²) in [7, 11) is 1.68. The number of rotatable bonds is 8. The minimum atomic E-state index is 0.101. The van der Waals surface area contributed by atoms with Crippen molar-refractivity contribution >= 4 is 5.91 Å². The van der Waals surface area contributed by atoms with Gasteiger partial charge in [0.25, 0.3) is 0 Å². The third-order valence-corrected chi connectivity index (χ3v) is 4.05. The van der Waals surface area contributed by atoms with E-state index in [1.54, 1.807) is 7.11 Å². The lowest BCUT2D eigenvalue weighted by molar-refractivity contribution is -0.120. The predicted octanol–water partition coefficient (Wildman–Crippen LogP) is 1.94. The molecule has 0 radical (unpaired) electrons. The van der Waals surface area contributed by atoms with Gasteiger partial charge in [0.05, 0.1) is 6.54 Å². The maximum atomic E-state index is 11.7. The van der Waals surface area contributed by atoms with Crippen LogP contribution in [0.25, 0.3) is 0 Å². The van der Waals surface area contributed by atoms with E-state index in [0.29, 0.717) is 31.7 Å². The van der Waals surface area contributed by atoms with Crippen LogP contribution in [-0.2, 0) is 9.53 Å². The second kappa shape index (κ2) is 9.32. The van der Waals surface area contributed by atoms with Crippen LogP contribution < -0.4 is 10.6 Å². The topological polar surface area (TPSA) is 50.4 Å². The van der Waals surface area contributed by atoms with Crippen molar-refractivity contribution in [1.29, 1.82) is 0 Å². The van der Waals surface area contributed by atoms with Crippen LogP contribution in [0.15, 0.2) is 0 Å². The van der Waals surface area contributed by atoms with Crippen LogP contribution in [0.1, 0.15) is 46.0 Å². The van der Waals surface area contributed by atoms with Crippen molar-refractivity contribution in [2.24, 2.45) is 11.8 Å². The first-order valence-corrected chi connectivity index (χ1v) is 7.64. The number of nitrogens with one attached hydrogen (secondary N) is 2. The average Bonchev–Trinajstić information content (AvgIpc) is 2.41. The van der Waals surface area contributed by atoms with Gasteiger partial charge in [-0.15, -0.1) is 0 Å². The number of carbonyl (C=O) groups is 1. The Kier molecular flexibility index (Phi) is 8.07. The van der Waals surface area contributed by atoms with Gasteiger partial charge < -0.3 is 15.4 Å². The van der Waals surface area contributed by atoms with Crippen LogP contribution in [0.4, 0.5) is 0 Å². The molecule has 0 heterocycles. The average molecular weight is 270 g/mol. The summed E-state index contributed by atoms with van der Waals surface area (Å²) in [5.41, 5.74) is 0. The van der Waals surface area contributed by atoms with E-state index in [4.69, 9.17) is 4.74 Å². The third kappa shape index (κ3) is 6.39. The number of hydrogen-bond donors (Lipinski definition) is 2. The summed E-state index contributed by atoms with van der Waals surface area (Å²) in [5, 5.41) is 6.37. The van der Waals surface area contributed by atoms with Crippen LogP contribution >= 0.6 is 0 Å². The van der Waals surface area contributed by atoms with E-state index in [1.165, 1.54) is 25.7 Å². The van der Waals surface area contributed by atoms with E-state index in [0.717, 1.165) is 12.3 Å². The number of carbonyl (C=O) groups excluding carboxylic acids is 1. The Balaban J connectivity index is 2.20. The van der Waals surface area contributed by atoms with Crippen LogP contribution in [0, 0.1) is 11.8 Å². The van der Waals surface area contributed by atoms with Crippen molar-refractivity contribution < 1.29 is 9.53 Å². The number of hydrogen-bond acceptors (Lipinski definition) is 3. The van der Waals surface area contributed by atoms with E-state index in [9.17, 15) is 4.79 Å². The lowest BCUT2D eigenvalue weighted by atomic mass is 9.78. The van der Waals surface area contributed by atoms with E-state index < -0.39 is 0 Å². The molecule has 2 unspecified atom stereocenters. The van der Waals surface area contributed by atoms with Gasteiger partial charge in [0.15, 0.2) is 0 Å². The summed E-state index contributed by atoms with van der Waals surface area (Å²) in [5.74, 6) is 1.52. The first-order valence-electron chi connectivity index (χ1n) is 7.64. The van der Waals surface area contributed by atoms with E-state index in [1.807, 2.05) is 0 Å². The van der Waals surface area contributed by atoms with Crippen molar-refractivity contribution in [3.8, 4) is 0 Å². The molecule has 0 aliphatic heterocycles. The summed E-state index contributed by atoms with van der Waals surface area (Å²) in [6.45, 7) is 6.42. The van der Waals surface area contributed by atoms with Gasteiger partial charge in [-0.3, -0.25) is 4.79 Å². The van der Waals surface area contributed by atoms with Crippen LogP contribution in [0.2, 0.25) is 0 Å². The number of methoxy groups -OCH3 is 1. The molecule has 2 atom stereocenters. The molecule has 1 fully saturated rings. The summed E-state index contributed by atoms with van der Waals surface area (Å²) in [4.78, 5) is 11.7. The highest BCUT2D eigenvalue weighted by Crippen LogP contribution is 2.29. The fraction of sp³-hybridized carbons (Fsp3) is 0.933. The fourth-order valence-corrected chi connectivity index (χ4v) is 2.94. The first-order chi connectivity index (χ1) is 9.15. The molecule has 0 aromatic heterocycles. The van der Waals surface area contributed by atoms with Gasteiger partial charge in [0, 0.05) is 26.3 Å². The van der Waals surface area contributed by atoms with E-state index >= 15 is 0 Å². The molecular weight excluding hydrogens is 240 g/mol. The summed E-state index contributed by atoms with van der Waals surface area (Å²) in [6, 6.07) is 0.512. The standard InChI is InChI=1S/C15H30N2O2/c1-12(2)13-7-4-5-8-14(13)17-11-15(18)16-9-6-10-19-3/h12-14,17H,4-11H2,1-3H3,(H,16,18). The molecule has 0 bridgehead atoms. The minimum Gasteiger partial charge on any atom is -0.385 e. The molecular formula is C15H30N2O2. The van der Waals surface area contributed by atoms with Crippen LogP contribution in [-0.4, -0.2) is 38.8 Å². The second-order valence-electron chi connectivity index (χ2n) is 5.88. The molecule has 1 rings (SSSR count). The molecule has 1 saturated carbocycles. The molecule has 4 nitrogen and oxygen atoms in total. The van der Waals surface area contributed by atoms with Gasteiger partial charge in [-0.05, 0) is 31.1 Å². The van der Waals surface area contributed by atoms with Gasteiger partial charge >= 0.3 is 0 Å². The van der Waals surface area contributed by atoms with Gasteiger partial charge in [-0.1, -0.05) is 26.7 Å². The van der Waals surface area contributed by atoms with Crippen LogP contribution in [0.5, 0.6) is 0 Å². The summed E-state index contributed by atoms with van der Waals surface area (Å²) < 4.78 is 4.95. The Morgan fingerprint density at radius 3 is 2.74 bits per heavy atom. The molecule has 1 aliphatic carbocycles. The van der Waals surface area contributed by atoms with Crippen LogP contribution in [0.3, 0.4) is 0 Å². The van der Waals surface area contributed by atoms with Crippen molar-refractivity contribution in [2.45, 2.75) is 52.0 Å². The molecule has 1 aliphatic rings. The zero-order valence-electron chi connectivity index (χ0n) is 12.7. The fourth-order valence-electron chi connectivity index (χ4n) is 2.94. The summed E-state index contributed by atoms with van der Waals surface area (Å²) in [6.07, 6.45) is 6.01. The highest BCUT2D eigenvalue weighted by molar-refractivity contribution is 5.77. The van der Waals surface area contributed by atoms with Crippen molar-refractivity contribution in [3.63, 3.8) is 0 Å². The maximum Gasteiger partial charge on any atom is 0.233 e. The quantitative estimate of drug-likeness (QED) is 0.663. The lowest BCUT2D eigenvalue weighted by Crippen LogP contribution is -2.45. The maximum absolute atomic E-state index is 11.7. The molecule has 112 valence electrons. The molecule has 1 amide bonds. The van der Waals surface area contributed by atoms with Gasteiger partial charge in [-0.25, -0.2) is 0 Å². The Hall–Kier alpha value is -0.610. The molecule has 0 aromatic rings. The lowest BCUT2D eigenvalue weighted by Gasteiger charge is -2.35. The SMILES string of the molecule is COCCCNC(=O)CNC1CCCCC1C(C)C. The second-order valence-corrected chi connectivity index (χ2v) is 5.88. The van der Waals surface area contributed by atoms with Crippen molar-refractivity contribution in [1.82, 2.24) is 10.6 Å². The Labute approximate surface area is 117 Å². The monoisotopic (exact) mass is 270 g/mol. The van der Waals surface area contributed by atoms with Gasteiger partial charge in [0.1, 0.15) is 0 Å². The Morgan fingerprint density at radius 2 is 2.05 bits per heavy atom. The van der Waals surface area contributed by atoms with Gasteiger partial charge in [0.2, 0.25) is 5.91 Å². The van der Waals surface area contributed by atoms with Gasteiger partial charge in [-0.2, -0.15) is 0 Å². The first kappa shape index (κ1) is 16.4. The molecule has 2 N–H and O–H groups in total. The smallest absolute Gasteiger partial charge is 0.233 e. The third-order valence-electron chi connectivity index (χ3n) is 4.05. The van der Waals surface area contributed by atoms with Crippen molar-refractivity contribution in [3.05, 3.63) is 0 Å². The highest BCUT2D eigenvalue weighted by Gasteiger charge is 2.27. The normalized spacial score (nSPS) is 23.6. The minimum absolute atomic E-state index is 0.101. The largest absolute Gasteiger partial charge is 0.385 e. The molecule has 0 spiro atoms. The van der Waals surface area contributed by atoms with Crippen molar-refractivity contribution in [2.75, 3.05) is 26.8 Å². The molecule has 19 heavy (non-hydrogen) atoms. The Morgan fingerprint density at radius 1 is 1.32 bits per heavy atom. The number of ether oxygens (including phenoxy) is 1. The van der Waals surface area contributed by atoms with E-state index in [2.05, 4.69) is 24.5 Å². The zero-order valence-corrected chi connectivity index (χ0v) is 12.7. The molecule has 0 saturated heterocycles. The molecule has 4 heteroatoms. The number of amides is 1. The Bertz CT molecular complexity index is 257. The predicted molar refractivity (Wildman–Crippen MR) is 78.1 cm³/mol. The molecule has 0 aromatic carbocycles.